The molecule has 0 radical (unpaired) electrons. The van der Waals surface area contributed by atoms with E-state index >= 15 is 0 Å². The van der Waals surface area contributed by atoms with E-state index in [9.17, 15) is 14.3 Å². The molecule has 0 aromatic heterocycles. The Morgan fingerprint density at radius 2 is 2.32 bits per heavy atom. The standard InChI is InChI=1S/C14H17ClFNO2/c1-9-12(14(18)19)3-2-6-17(9)8-10-4-5-11(16)7-13(10)15/h4-5,7,9,12H,2-3,6,8H2,1H3,(H,18,19)/t9-,12-/m1/s1. The molecule has 1 N–H and O–H groups in total. The molecule has 0 amide bonds. The van der Waals surface area contributed by atoms with Crippen LogP contribution in [0.25, 0.3) is 0 Å². The predicted molar refractivity (Wildman–Crippen MR) is 71.6 cm³/mol. The molecule has 1 aromatic rings. The molecule has 104 valence electrons. The Morgan fingerprint density at radius 1 is 1.58 bits per heavy atom. The quantitative estimate of drug-likeness (QED) is 0.927. The van der Waals surface area contributed by atoms with Gasteiger partial charge in [0.2, 0.25) is 0 Å². The van der Waals surface area contributed by atoms with Gasteiger partial charge in [0.05, 0.1) is 5.92 Å². The highest BCUT2D eigenvalue weighted by Crippen LogP contribution is 2.27. The van der Waals surface area contributed by atoms with Crippen LogP contribution in [0.1, 0.15) is 25.3 Å². The van der Waals surface area contributed by atoms with Crippen LogP contribution in [0.4, 0.5) is 4.39 Å². The Labute approximate surface area is 117 Å². The summed E-state index contributed by atoms with van der Waals surface area (Å²) in [5, 5.41) is 9.57. The summed E-state index contributed by atoms with van der Waals surface area (Å²) in [6, 6.07) is 4.30. The number of nitrogens with zero attached hydrogens (tertiary/aromatic N) is 1. The lowest BCUT2D eigenvalue weighted by Crippen LogP contribution is -2.45. The highest BCUT2D eigenvalue weighted by molar-refractivity contribution is 6.31. The fourth-order valence-corrected chi connectivity index (χ4v) is 2.86. The third-order valence-corrected chi connectivity index (χ3v) is 4.18. The normalized spacial score (nSPS) is 24.4. The number of likely N-dealkylation sites (tertiary alicyclic amines) is 1. The molecule has 0 spiro atoms. The summed E-state index contributed by atoms with van der Waals surface area (Å²) in [7, 11) is 0. The summed E-state index contributed by atoms with van der Waals surface area (Å²) in [6.07, 6.45) is 1.57. The van der Waals surface area contributed by atoms with Crippen molar-refractivity contribution < 1.29 is 14.3 Å². The van der Waals surface area contributed by atoms with Gasteiger partial charge in [0, 0.05) is 17.6 Å². The third kappa shape index (κ3) is 3.25. The maximum absolute atomic E-state index is 13.0. The molecule has 2 atom stereocenters. The van der Waals surface area contributed by atoms with Gasteiger partial charge in [-0.1, -0.05) is 17.7 Å². The lowest BCUT2D eigenvalue weighted by molar-refractivity contribution is -0.145. The largest absolute Gasteiger partial charge is 0.481 e. The summed E-state index contributed by atoms with van der Waals surface area (Å²) in [5.74, 6) is -1.45. The summed E-state index contributed by atoms with van der Waals surface area (Å²) in [6.45, 7) is 3.33. The first kappa shape index (κ1) is 14.3. The lowest BCUT2D eigenvalue weighted by Gasteiger charge is -2.37. The van der Waals surface area contributed by atoms with Crippen LogP contribution in [-0.2, 0) is 11.3 Å². The number of halogens is 2. The molecule has 5 heteroatoms. The smallest absolute Gasteiger partial charge is 0.308 e. The summed E-state index contributed by atoms with van der Waals surface area (Å²) in [5.41, 5.74) is 0.834. The number of aliphatic carboxylic acids is 1. The third-order valence-electron chi connectivity index (χ3n) is 3.82. The number of carboxylic acids is 1. The van der Waals surface area contributed by atoms with Crippen LogP contribution in [0.3, 0.4) is 0 Å². The molecule has 0 unspecified atom stereocenters. The van der Waals surface area contributed by atoms with Crippen LogP contribution < -0.4 is 0 Å². The predicted octanol–water partition coefficient (Wildman–Crippen LogP) is 3.16. The molecule has 3 nitrogen and oxygen atoms in total. The molecular formula is C14H17ClFNO2. The van der Waals surface area contributed by atoms with Crippen LogP contribution in [0, 0.1) is 11.7 Å². The van der Waals surface area contributed by atoms with Gasteiger partial charge in [0.1, 0.15) is 5.82 Å². The zero-order chi connectivity index (χ0) is 14.0. The second-order valence-electron chi connectivity index (χ2n) is 5.03. The Bertz CT molecular complexity index is 481. The maximum Gasteiger partial charge on any atom is 0.308 e. The molecule has 1 saturated heterocycles. The van der Waals surface area contributed by atoms with Gasteiger partial charge in [-0.3, -0.25) is 9.69 Å². The van der Waals surface area contributed by atoms with E-state index in [2.05, 4.69) is 4.90 Å². The van der Waals surface area contributed by atoms with E-state index in [4.69, 9.17) is 11.6 Å². The number of carbonyl (C=O) groups is 1. The first-order valence-electron chi connectivity index (χ1n) is 6.40. The van der Waals surface area contributed by atoms with E-state index < -0.39 is 5.97 Å². The molecule has 0 bridgehead atoms. The van der Waals surface area contributed by atoms with Gasteiger partial charge >= 0.3 is 5.97 Å². The second-order valence-corrected chi connectivity index (χ2v) is 5.44. The van der Waals surface area contributed by atoms with E-state index in [1.54, 1.807) is 6.07 Å². The monoisotopic (exact) mass is 285 g/mol. The summed E-state index contributed by atoms with van der Waals surface area (Å²) < 4.78 is 13.0. The average Bonchev–Trinajstić information content (AvgIpc) is 2.34. The van der Waals surface area contributed by atoms with Crippen LogP contribution in [-0.4, -0.2) is 28.6 Å². The topological polar surface area (TPSA) is 40.5 Å². The van der Waals surface area contributed by atoms with E-state index in [0.29, 0.717) is 18.0 Å². The highest BCUT2D eigenvalue weighted by atomic mass is 35.5. The van der Waals surface area contributed by atoms with Gasteiger partial charge in [-0.2, -0.15) is 0 Å². The molecule has 0 aliphatic carbocycles. The van der Waals surface area contributed by atoms with Crippen molar-refractivity contribution in [2.45, 2.75) is 32.4 Å². The van der Waals surface area contributed by atoms with Crippen molar-refractivity contribution in [3.63, 3.8) is 0 Å². The zero-order valence-electron chi connectivity index (χ0n) is 10.8. The fourth-order valence-electron chi connectivity index (χ4n) is 2.64. The van der Waals surface area contributed by atoms with E-state index in [1.165, 1.54) is 12.1 Å². The van der Waals surface area contributed by atoms with Crippen LogP contribution in [0.15, 0.2) is 18.2 Å². The molecule has 0 saturated carbocycles. The fraction of sp³-hybridized carbons (Fsp3) is 0.500. The second kappa shape index (κ2) is 5.88. The number of piperidine rings is 1. The number of hydrogen-bond donors (Lipinski definition) is 1. The summed E-state index contributed by atoms with van der Waals surface area (Å²) in [4.78, 5) is 13.3. The molecular weight excluding hydrogens is 269 g/mol. The van der Waals surface area contributed by atoms with Crippen molar-refractivity contribution >= 4 is 17.6 Å². The number of benzene rings is 1. The average molecular weight is 286 g/mol. The minimum atomic E-state index is -0.748. The molecule has 1 aliphatic heterocycles. The zero-order valence-corrected chi connectivity index (χ0v) is 11.5. The van der Waals surface area contributed by atoms with Crippen LogP contribution in [0.5, 0.6) is 0 Å². The first-order valence-corrected chi connectivity index (χ1v) is 6.77. The minimum Gasteiger partial charge on any atom is -0.481 e. The highest BCUT2D eigenvalue weighted by Gasteiger charge is 2.32. The van der Waals surface area contributed by atoms with E-state index in [-0.39, 0.29) is 17.8 Å². The van der Waals surface area contributed by atoms with Crippen molar-refractivity contribution in [3.8, 4) is 0 Å². The molecule has 1 aliphatic rings. The van der Waals surface area contributed by atoms with Crippen LogP contribution >= 0.6 is 11.6 Å². The molecule has 1 heterocycles. The van der Waals surface area contributed by atoms with Gasteiger partial charge < -0.3 is 5.11 Å². The first-order chi connectivity index (χ1) is 8.99. The minimum absolute atomic E-state index is 0.0348. The number of rotatable bonds is 3. The molecule has 1 aromatic carbocycles. The van der Waals surface area contributed by atoms with E-state index in [0.717, 1.165) is 18.5 Å². The van der Waals surface area contributed by atoms with E-state index in [1.807, 2.05) is 6.92 Å². The number of carboxylic acid groups (broad SMARTS) is 1. The van der Waals surface area contributed by atoms with Gasteiger partial charge in [-0.25, -0.2) is 4.39 Å². The maximum atomic E-state index is 13.0. The lowest BCUT2D eigenvalue weighted by atomic mass is 9.90. The van der Waals surface area contributed by atoms with Crippen molar-refractivity contribution in [1.29, 1.82) is 0 Å². The molecule has 1 fully saturated rings. The van der Waals surface area contributed by atoms with Crippen molar-refractivity contribution in [1.82, 2.24) is 4.90 Å². The van der Waals surface area contributed by atoms with Crippen LogP contribution in [0.2, 0.25) is 5.02 Å². The summed E-state index contributed by atoms with van der Waals surface area (Å²) >= 11 is 6.01. The Balaban J connectivity index is 2.11. The molecule has 2 rings (SSSR count). The van der Waals surface area contributed by atoms with Gasteiger partial charge in [-0.05, 0) is 44.0 Å². The van der Waals surface area contributed by atoms with Crippen molar-refractivity contribution in [3.05, 3.63) is 34.6 Å². The van der Waals surface area contributed by atoms with Gasteiger partial charge in [0.25, 0.3) is 0 Å². The Hall–Kier alpha value is -1.13. The Morgan fingerprint density at radius 3 is 2.95 bits per heavy atom. The van der Waals surface area contributed by atoms with Gasteiger partial charge in [0.15, 0.2) is 0 Å². The SMILES string of the molecule is C[C@@H]1[C@H](C(=O)O)CCCN1Cc1ccc(F)cc1Cl. The molecule has 19 heavy (non-hydrogen) atoms. The van der Waals surface area contributed by atoms with Gasteiger partial charge in [-0.15, -0.1) is 0 Å². The van der Waals surface area contributed by atoms with Crippen molar-refractivity contribution in [2.24, 2.45) is 5.92 Å². The van der Waals surface area contributed by atoms with Crippen molar-refractivity contribution in [2.75, 3.05) is 6.54 Å². The number of hydrogen-bond acceptors (Lipinski definition) is 2. The Kier molecular flexibility index (Phi) is 4.42.